The predicted molar refractivity (Wildman–Crippen MR) is 122 cm³/mol. The number of hydrogen-bond donors (Lipinski definition) is 0. The van der Waals surface area contributed by atoms with Gasteiger partial charge in [0.05, 0.1) is 28.2 Å². The first kappa shape index (κ1) is 22.8. The summed E-state index contributed by atoms with van der Waals surface area (Å²) in [4.78, 5) is 21.1. The largest absolute Gasteiger partial charge is 0.338 e. The summed E-state index contributed by atoms with van der Waals surface area (Å²) in [7, 11) is -1.92. The van der Waals surface area contributed by atoms with Crippen molar-refractivity contribution in [1.82, 2.24) is 19.1 Å². The van der Waals surface area contributed by atoms with Crippen molar-refractivity contribution in [3.63, 3.8) is 0 Å². The number of benzene rings is 2. The molecule has 0 saturated carbocycles. The van der Waals surface area contributed by atoms with Crippen molar-refractivity contribution in [3.05, 3.63) is 59.4 Å². The summed E-state index contributed by atoms with van der Waals surface area (Å²) in [6.45, 7) is 2.42. The van der Waals surface area contributed by atoms with Crippen LogP contribution in [0.3, 0.4) is 0 Å². The number of nitrogens with zero attached hydrogens (tertiary/aromatic N) is 4. The van der Waals surface area contributed by atoms with Crippen molar-refractivity contribution in [1.29, 1.82) is 0 Å². The molecule has 0 radical (unpaired) electrons. The van der Waals surface area contributed by atoms with Crippen molar-refractivity contribution in [2.45, 2.75) is 17.9 Å². The van der Waals surface area contributed by atoms with E-state index in [0.29, 0.717) is 32.6 Å². The van der Waals surface area contributed by atoms with Gasteiger partial charge in [-0.1, -0.05) is 12.1 Å². The average molecular weight is 477 g/mol. The fourth-order valence-electron chi connectivity index (χ4n) is 3.69. The van der Waals surface area contributed by atoms with Gasteiger partial charge in [0.2, 0.25) is 15.9 Å². The lowest BCUT2D eigenvalue weighted by Gasteiger charge is -2.23. The van der Waals surface area contributed by atoms with Gasteiger partial charge in [0.25, 0.3) is 0 Å². The Morgan fingerprint density at radius 3 is 2.59 bits per heavy atom. The van der Waals surface area contributed by atoms with Crippen molar-refractivity contribution < 1.29 is 17.6 Å². The van der Waals surface area contributed by atoms with Gasteiger partial charge in [0, 0.05) is 26.7 Å². The van der Waals surface area contributed by atoms with E-state index in [9.17, 15) is 17.6 Å². The van der Waals surface area contributed by atoms with Gasteiger partial charge in [-0.05, 0) is 49.4 Å². The van der Waals surface area contributed by atoms with Crippen LogP contribution in [0.15, 0.2) is 53.4 Å². The fraction of sp³-hybridized carbons (Fsp3) is 0.364. The Balaban J connectivity index is 1.34. The van der Waals surface area contributed by atoms with Crippen LogP contribution in [0.1, 0.15) is 11.4 Å². The Labute approximate surface area is 191 Å². The molecule has 0 atom stereocenters. The normalized spacial score (nSPS) is 16.2. The number of carbonyl (C=O) groups excluding carboxylic acids is 1. The molecule has 1 aliphatic heterocycles. The Morgan fingerprint density at radius 2 is 1.84 bits per heavy atom. The van der Waals surface area contributed by atoms with Crippen LogP contribution in [-0.4, -0.2) is 73.2 Å². The molecule has 170 valence electrons. The van der Waals surface area contributed by atoms with Crippen molar-refractivity contribution >= 4 is 37.5 Å². The average Bonchev–Trinajstić information content (AvgIpc) is 3.02. The van der Waals surface area contributed by atoms with Crippen LogP contribution in [-0.2, 0) is 21.4 Å². The molecule has 1 amide bonds. The van der Waals surface area contributed by atoms with Gasteiger partial charge in [-0.15, -0.1) is 11.3 Å². The third kappa shape index (κ3) is 5.15. The number of rotatable bonds is 6. The van der Waals surface area contributed by atoms with E-state index in [2.05, 4.69) is 4.98 Å². The zero-order valence-electron chi connectivity index (χ0n) is 17.8. The van der Waals surface area contributed by atoms with E-state index < -0.39 is 15.8 Å². The molecule has 32 heavy (non-hydrogen) atoms. The van der Waals surface area contributed by atoms with E-state index in [1.54, 1.807) is 23.3 Å². The molecule has 1 fully saturated rings. The second-order valence-corrected chi connectivity index (χ2v) is 10.9. The maximum absolute atomic E-state index is 13.2. The van der Waals surface area contributed by atoms with Crippen LogP contribution in [0.25, 0.3) is 10.2 Å². The number of hydrogen-bond acceptors (Lipinski definition) is 6. The maximum Gasteiger partial charge on any atom is 0.243 e. The van der Waals surface area contributed by atoms with Crippen LogP contribution in [0.4, 0.5) is 4.39 Å². The lowest BCUT2D eigenvalue weighted by molar-refractivity contribution is -0.131. The molecule has 0 aliphatic carbocycles. The summed E-state index contributed by atoms with van der Waals surface area (Å²) in [5, 5.41) is 0.884. The number of carbonyl (C=O) groups is 1. The highest BCUT2D eigenvalue weighted by Gasteiger charge is 2.28. The van der Waals surface area contributed by atoms with Crippen LogP contribution in [0.2, 0.25) is 0 Å². The van der Waals surface area contributed by atoms with Gasteiger partial charge in [-0.2, -0.15) is 4.31 Å². The van der Waals surface area contributed by atoms with Gasteiger partial charge in [0.1, 0.15) is 10.8 Å². The number of fused-ring (bicyclic) bond motifs is 1. The van der Waals surface area contributed by atoms with Crippen molar-refractivity contribution in [2.24, 2.45) is 0 Å². The number of para-hydroxylation sites is 1. The molecular formula is C22H25FN4O3S2. The minimum atomic E-state index is -3.69. The highest BCUT2D eigenvalue weighted by Crippen LogP contribution is 2.22. The number of halogens is 1. The maximum atomic E-state index is 13.2. The van der Waals surface area contributed by atoms with Crippen molar-refractivity contribution in [3.8, 4) is 0 Å². The van der Waals surface area contributed by atoms with Gasteiger partial charge < -0.3 is 4.90 Å². The molecule has 0 spiro atoms. The number of aromatic nitrogens is 1. The molecule has 4 rings (SSSR count). The number of likely N-dealkylation sites (N-methyl/N-ethyl adjacent to an activating group) is 1. The monoisotopic (exact) mass is 476 g/mol. The third-order valence-corrected chi connectivity index (χ3v) is 8.43. The molecule has 7 nitrogen and oxygen atoms in total. The second kappa shape index (κ2) is 9.62. The third-order valence-electron chi connectivity index (χ3n) is 5.49. The first-order valence-corrected chi connectivity index (χ1v) is 12.6. The Hall–Kier alpha value is -2.40. The smallest absolute Gasteiger partial charge is 0.243 e. The van der Waals surface area contributed by atoms with Crippen LogP contribution >= 0.6 is 11.3 Å². The number of thiazole rings is 1. The van der Waals surface area contributed by atoms with E-state index in [1.165, 1.54) is 16.4 Å². The summed E-state index contributed by atoms with van der Waals surface area (Å²) < 4.78 is 41.4. The Kier molecular flexibility index (Phi) is 6.85. The summed E-state index contributed by atoms with van der Waals surface area (Å²) >= 11 is 1.58. The molecule has 2 heterocycles. The van der Waals surface area contributed by atoms with E-state index in [-0.39, 0.29) is 23.9 Å². The van der Waals surface area contributed by atoms with Crippen molar-refractivity contribution in [2.75, 3.05) is 39.8 Å². The minimum Gasteiger partial charge on any atom is -0.338 e. The first-order valence-electron chi connectivity index (χ1n) is 10.4. The van der Waals surface area contributed by atoms with Crippen LogP contribution in [0.5, 0.6) is 0 Å². The minimum absolute atomic E-state index is 0.0286. The number of sulfonamides is 1. The summed E-state index contributed by atoms with van der Waals surface area (Å²) in [6.07, 6.45) is 0.620. The molecule has 0 N–H and O–H groups in total. The van der Waals surface area contributed by atoms with Gasteiger partial charge in [-0.25, -0.2) is 17.8 Å². The molecule has 0 bridgehead atoms. The van der Waals surface area contributed by atoms with Crippen LogP contribution < -0.4 is 0 Å². The molecular weight excluding hydrogens is 451 g/mol. The molecule has 0 unspecified atom stereocenters. The molecule has 1 aromatic heterocycles. The van der Waals surface area contributed by atoms with E-state index in [0.717, 1.165) is 27.4 Å². The molecule has 1 saturated heterocycles. The highest BCUT2D eigenvalue weighted by molar-refractivity contribution is 7.89. The SMILES string of the molecule is CN(Cc1nc2ccccc2s1)C(=O)CN1CCCN(S(=O)(=O)c2ccc(F)cc2)CC1. The summed E-state index contributed by atoms with van der Waals surface area (Å²) in [6, 6.07) is 12.8. The second-order valence-electron chi connectivity index (χ2n) is 7.81. The lowest BCUT2D eigenvalue weighted by Crippen LogP contribution is -2.40. The van der Waals surface area contributed by atoms with Gasteiger partial charge in [-0.3, -0.25) is 9.69 Å². The first-order chi connectivity index (χ1) is 15.3. The van der Waals surface area contributed by atoms with Gasteiger partial charge >= 0.3 is 0 Å². The van der Waals surface area contributed by atoms with E-state index >= 15 is 0 Å². The standard InChI is InChI=1S/C22H25FN4O3S2/c1-25(15-21-24-19-5-2-3-6-20(19)31-21)22(28)16-26-11-4-12-27(14-13-26)32(29,30)18-9-7-17(23)8-10-18/h2-3,5-10H,4,11-16H2,1H3. The zero-order chi connectivity index (χ0) is 22.7. The fourth-order valence-corrected chi connectivity index (χ4v) is 6.18. The van der Waals surface area contributed by atoms with E-state index in [4.69, 9.17) is 0 Å². The zero-order valence-corrected chi connectivity index (χ0v) is 19.4. The quantitative estimate of drug-likeness (QED) is 0.547. The Bertz CT molecular complexity index is 1160. The highest BCUT2D eigenvalue weighted by atomic mass is 32.2. The summed E-state index contributed by atoms with van der Waals surface area (Å²) in [5.41, 5.74) is 0.934. The molecule has 3 aromatic rings. The van der Waals surface area contributed by atoms with Crippen LogP contribution in [0, 0.1) is 5.82 Å². The molecule has 1 aliphatic rings. The lowest BCUT2D eigenvalue weighted by atomic mass is 10.3. The molecule has 2 aromatic carbocycles. The Morgan fingerprint density at radius 1 is 1.09 bits per heavy atom. The van der Waals surface area contributed by atoms with E-state index in [1.807, 2.05) is 29.2 Å². The molecule has 10 heteroatoms. The number of amides is 1. The summed E-state index contributed by atoms with van der Waals surface area (Å²) in [5.74, 6) is -0.501. The van der Waals surface area contributed by atoms with Gasteiger partial charge in [0.15, 0.2) is 0 Å². The predicted octanol–water partition coefficient (Wildman–Crippen LogP) is 2.79. The topological polar surface area (TPSA) is 73.8 Å².